The summed E-state index contributed by atoms with van der Waals surface area (Å²) in [5.41, 5.74) is 2.56. The van der Waals surface area contributed by atoms with Crippen LogP contribution in [-0.2, 0) is 31.2 Å². The van der Waals surface area contributed by atoms with Crippen molar-refractivity contribution in [3.8, 4) is 0 Å². The molecule has 8 rings (SSSR count). The van der Waals surface area contributed by atoms with Crippen LogP contribution >= 0.6 is 11.8 Å². The molecule has 3 atom stereocenters. The molecule has 56 heavy (non-hydrogen) atoms. The highest BCUT2D eigenvalue weighted by Crippen LogP contribution is 2.44. The van der Waals surface area contributed by atoms with Gasteiger partial charge >= 0.3 is 5.97 Å². The summed E-state index contributed by atoms with van der Waals surface area (Å²) in [5.74, 6) is -0.643. The van der Waals surface area contributed by atoms with Crippen LogP contribution in [-0.4, -0.2) is 66.6 Å². The molecule has 2 amide bonds. The van der Waals surface area contributed by atoms with Crippen LogP contribution in [0.4, 0.5) is 5.95 Å². The summed E-state index contributed by atoms with van der Waals surface area (Å²) < 4.78 is 6.21. The fraction of sp³-hybridized carbons (Fsp3) is 0.182. The number of β-lactam (4-membered cyclic amide) rings is 1. The van der Waals surface area contributed by atoms with Crippen LogP contribution in [0, 0.1) is 5.41 Å². The van der Waals surface area contributed by atoms with Gasteiger partial charge in [-0.25, -0.2) is 0 Å². The smallest absolute Gasteiger partial charge is 0.319 e. The van der Waals surface area contributed by atoms with Crippen LogP contribution in [0.25, 0.3) is 0 Å². The number of nitrogens with one attached hydrogen (secondary N) is 2. The van der Waals surface area contributed by atoms with Gasteiger partial charge in [-0.05, 0) is 33.0 Å². The molecule has 2 aliphatic heterocycles. The number of anilines is 1. The zero-order chi connectivity index (χ0) is 38.5. The van der Waals surface area contributed by atoms with E-state index in [-0.39, 0.29) is 30.3 Å². The zero-order valence-electron chi connectivity index (χ0n) is 30.3. The lowest BCUT2D eigenvalue weighted by atomic mass is 9.77. The monoisotopic (exact) mass is 761 g/mol. The van der Waals surface area contributed by atoms with Crippen LogP contribution in [0.2, 0.25) is 0 Å². The van der Waals surface area contributed by atoms with E-state index in [2.05, 4.69) is 32.6 Å². The first-order valence-corrected chi connectivity index (χ1v) is 19.3. The lowest BCUT2D eigenvalue weighted by molar-refractivity contribution is -0.162. The first-order valence-electron chi connectivity index (χ1n) is 18.3. The van der Waals surface area contributed by atoms with Gasteiger partial charge in [-0.15, -0.1) is 23.4 Å². The van der Waals surface area contributed by atoms with E-state index in [1.807, 2.05) is 152 Å². The largest absolute Gasteiger partial charge is 0.452 e. The van der Waals surface area contributed by atoms with Crippen molar-refractivity contribution in [3.63, 3.8) is 0 Å². The third-order valence-electron chi connectivity index (χ3n) is 10.3. The number of benzene rings is 5. The lowest BCUT2D eigenvalue weighted by Crippen LogP contribution is -2.73. The van der Waals surface area contributed by atoms with Crippen LogP contribution in [0.1, 0.15) is 33.9 Å². The van der Waals surface area contributed by atoms with Gasteiger partial charge in [0.1, 0.15) is 28.9 Å². The number of aromatic nitrogens is 4. The summed E-state index contributed by atoms with van der Waals surface area (Å²) in [4.78, 5) is 43.6. The molecule has 2 saturated heterocycles. The Morgan fingerprint density at radius 1 is 0.821 bits per heavy atom. The van der Waals surface area contributed by atoms with Crippen LogP contribution in [0.5, 0.6) is 0 Å². The maximum absolute atomic E-state index is 13.9. The molecular weight excluding hydrogens is 723 g/mol. The third-order valence-corrected chi connectivity index (χ3v) is 11.9. The van der Waals surface area contributed by atoms with Crippen LogP contribution in [0.15, 0.2) is 164 Å². The van der Waals surface area contributed by atoms with E-state index in [9.17, 15) is 14.4 Å². The molecule has 0 radical (unpaired) electrons. The van der Waals surface area contributed by atoms with Crippen molar-refractivity contribution in [2.45, 2.75) is 29.6 Å². The van der Waals surface area contributed by atoms with Gasteiger partial charge in [0.15, 0.2) is 6.10 Å². The van der Waals surface area contributed by atoms with Crippen molar-refractivity contribution < 1.29 is 19.1 Å². The number of rotatable bonds is 13. The second-order valence-corrected chi connectivity index (χ2v) is 14.9. The Morgan fingerprint density at radius 2 is 1.32 bits per heavy atom. The number of hydrogen-bond donors (Lipinski definition) is 2. The minimum absolute atomic E-state index is 0.0974. The topological polar surface area (TPSA) is 131 Å². The summed E-state index contributed by atoms with van der Waals surface area (Å²) in [6.07, 6.45) is 0.950. The molecule has 2 fully saturated rings. The first kappa shape index (κ1) is 36.4. The molecule has 2 unspecified atom stereocenters. The fourth-order valence-corrected chi connectivity index (χ4v) is 8.92. The number of esters is 1. The van der Waals surface area contributed by atoms with E-state index in [0.29, 0.717) is 5.75 Å². The molecule has 2 aliphatic rings. The Morgan fingerprint density at radius 3 is 1.82 bits per heavy atom. The minimum atomic E-state index is -1.13. The molecule has 0 aliphatic carbocycles. The highest BCUT2D eigenvalue weighted by Gasteiger charge is 2.57. The Kier molecular flexibility index (Phi) is 10.2. The maximum atomic E-state index is 13.9. The predicted molar refractivity (Wildman–Crippen MR) is 214 cm³/mol. The summed E-state index contributed by atoms with van der Waals surface area (Å²) in [6.45, 7) is 3.82. The van der Waals surface area contributed by atoms with Gasteiger partial charge in [0.2, 0.25) is 11.8 Å². The normalized spacial score (nSPS) is 19.0. The van der Waals surface area contributed by atoms with Gasteiger partial charge in [-0.3, -0.25) is 14.4 Å². The molecule has 6 aromatic rings. The molecule has 3 heterocycles. The molecule has 0 spiro atoms. The van der Waals surface area contributed by atoms with Gasteiger partial charge in [0, 0.05) is 12.3 Å². The van der Waals surface area contributed by atoms with Crippen molar-refractivity contribution >= 4 is 35.5 Å². The Balaban J connectivity index is 0.940. The van der Waals surface area contributed by atoms with Gasteiger partial charge in [0.25, 0.3) is 5.95 Å². The molecule has 280 valence electrons. The average molecular weight is 762 g/mol. The van der Waals surface area contributed by atoms with E-state index in [0.717, 1.165) is 27.8 Å². The number of carbonyl (C=O) groups excluding carboxylic acids is 3. The Bertz CT molecular complexity index is 2180. The number of thioether (sulfide) groups is 1. The number of hydrogen-bond acceptors (Lipinski definition) is 9. The molecule has 1 aromatic heterocycles. The maximum Gasteiger partial charge on any atom is 0.319 e. The van der Waals surface area contributed by atoms with E-state index in [4.69, 9.17) is 4.74 Å². The quantitative estimate of drug-likeness (QED) is 0.0632. The molecule has 2 N–H and O–H groups in total. The molecule has 0 bridgehead atoms. The first-order chi connectivity index (χ1) is 27.4. The van der Waals surface area contributed by atoms with Gasteiger partial charge < -0.3 is 20.3 Å². The van der Waals surface area contributed by atoms with Crippen LogP contribution in [0.3, 0.4) is 0 Å². The Labute approximate surface area is 328 Å². The van der Waals surface area contributed by atoms with Crippen molar-refractivity contribution in [2.75, 3.05) is 17.6 Å². The third kappa shape index (κ3) is 6.95. The van der Waals surface area contributed by atoms with E-state index in [1.165, 1.54) is 16.6 Å². The number of ether oxygens (including phenoxy) is 1. The van der Waals surface area contributed by atoms with Gasteiger partial charge in [-0.1, -0.05) is 163 Å². The summed E-state index contributed by atoms with van der Waals surface area (Å²) >= 11 is 1.41. The van der Waals surface area contributed by atoms with Crippen molar-refractivity contribution in [1.82, 2.24) is 30.4 Å². The SMILES string of the molecule is C=CC1(C(=O)OC(c2ccccc2)c2ccccc2)CS[C@@H]2C(NC(=O)Cn3nnc(NC(c4ccccc4)(c4ccccc4)c4ccccc4)n3)C(=O)N2C1. The predicted octanol–water partition coefficient (Wildman–Crippen LogP) is 5.98. The van der Waals surface area contributed by atoms with Crippen molar-refractivity contribution in [2.24, 2.45) is 5.41 Å². The number of tetrazole rings is 1. The number of amides is 2. The van der Waals surface area contributed by atoms with Gasteiger partial charge in [-0.2, -0.15) is 4.80 Å². The second-order valence-electron chi connectivity index (χ2n) is 13.8. The highest BCUT2D eigenvalue weighted by molar-refractivity contribution is 8.00. The molecule has 11 nitrogen and oxygen atoms in total. The minimum Gasteiger partial charge on any atom is -0.452 e. The van der Waals surface area contributed by atoms with E-state index < -0.39 is 35.0 Å². The average Bonchev–Trinajstić information content (AvgIpc) is 3.71. The fourth-order valence-electron chi connectivity index (χ4n) is 7.39. The van der Waals surface area contributed by atoms with Crippen molar-refractivity contribution in [1.29, 1.82) is 0 Å². The highest BCUT2D eigenvalue weighted by atomic mass is 32.2. The molecule has 12 heteroatoms. The van der Waals surface area contributed by atoms with Gasteiger partial charge in [0.05, 0.1) is 0 Å². The number of carbonyl (C=O) groups is 3. The molecule has 0 saturated carbocycles. The van der Waals surface area contributed by atoms with E-state index >= 15 is 0 Å². The standard InChI is InChI=1S/C44H39N7O4S/c1-2-43(41(54)55-38(31-18-8-3-9-19-31)32-20-10-4-11-21-32)29-50-39(53)37(40(50)56-30-43)45-36(52)28-51-48-42(47-49-51)46-44(33-22-12-5-13-23-33,34-24-14-6-15-25-34)35-26-16-7-17-27-35/h2-27,37-38,40H,1,28-30H2,(H,45,52)(H,46,48)/t37?,40-,43?/m1/s1. The molecule has 5 aromatic carbocycles. The van der Waals surface area contributed by atoms with Crippen LogP contribution < -0.4 is 10.6 Å². The number of fused-ring (bicyclic) bond motifs is 1. The Hall–Kier alpha value is -6.53. The summed E-state index contributed by atoms with van der Waals surface area (Å²) in [6, 6.07) is 48.4. The zero-order valence-corrected chi connectivity index (χ0v) is 31.2. The number of nitrogens with zero attached hydrogens (tertiary/aromatic N) is 5. The second kappa shape index (κ2) is 15.7. The lowest BCUT2D eigenvalue weighted by Gasteiger charge is -2.53. The molecular formula is C44H39N7O4S. The summed E-state index contributed by atoms with van der Waals surface area (Å²) in [5, 5.41) is 19.1. The van der Waals surface area contributed by atoms with E-state index in [1.54, 1.807) is 11.0 Å². The van der Waals surface area contributed by atoms with Crippen molar-refractivity contribution in [3.05, 3.63) is 192 Å². The summed E-state index contributed by atoms with van der Waals surface area (Å²) in [7, 11) is 0.